The molecule has 0 unspecified atom stereocenters. The van der Waals surface area contributed by atoms with Crippen LogP contribution in [0.15, 0.2) is 18.3 Å². The molecule has 1 amide bonds. The van der Waals surface area contributed by atoms with Crippen LogP contribution >= 0.6 is 36.4 Å². The topological polar surface area (TPSA) is 77.2 Å². The molecule has 0 radical (unpaired) electrons. The Morgan fingerprint density at radius 3 is 2.68 bits per heavy atom. The molecule has 8 heteroatoms. The number of aromatic nitrogens is 1. The molecule has 0 aliphatic heterocycles. The van der Waals surface area contributed by atoms with Gasteiger partial charge >= 0.3 is 0 Å². The zero-order valence-electron chi connectivity index (χ0n) is 10.1. The Morgan fingerprint density at radius 1 is 1.47 bits per heavy atom. The van der Waals surface area contributed by atoms with Crippen LogP contribution in [-0.4, -0.2) is 29.6 Å². The minimum absolute atomic E-state index is 0. The van der Waals surface area contributed by atoms with Crippen molar-refractivity contribution in [2.24, 2.45) is 5.73 Å². The Bertz CT molecular complexity index is 410. The van der Waals surface area contributed by atoms with Crippen molar-refractivity contribution in [3.63, 3.8) is 0 Å². The lowest BCUT2D eigenvalue weighted by molar-refractivity contribution is -0.123. The van der Waals surface area contributed by atoms with E-state index in [0.29, 0.717) is 24.1 Å². The first-order valence-corrected chi connectivity index (χ1v) is 5.79. The van der Waals surface area contributed by atoms with Gasteiger partial charge in [-0.05, 0) is 18.9 Å². The van der Waals surface area contributed by atoms with E-state index in [0.717, 1.165) is 12.8 Å². The van der Waals surface area contributed by atoms with Crippen LogP contribution in [0.2, 0.25) is 5.02 Å². The zero-order valence-corrected chi connectivity index (χ0v) is 12.5. The monoisotopic (exact) mass is 327 g/mol. The van der Waals surface area contributed by atoms with E-state index >= 15 is 0 Å². The molecule has 3 N–H and O–H groups in total. The Labute approximate surface area is 129 Å². The number of hydrogen-bond donors (Lipinski definition) is 2. The predicted octanol–water partition coefficient (Wildman–Crippen LogP) is 1.56. The SMILES string of the molecule is Cl.Cl.NC1(C(=O)NCCOc2ccc(Cl)cn2)CC1. The normalized spacial score (nSPS) is 14.6. The van der Waals surface area contributed by atoms with Crippen molar-refractivity contribution in [1.82, 2.24) is 10.3 Å². The van der Waals surface area contributed by atoms with Crippen molar-refractivity contribution in [2.75, 3.05) is 13.2 Å². The molecule has 1 aromatic rings. The van der Waals surface area contributed by atoms with Gasteiger partial charge in [0.2, 0.25) is 11.8 Å². The average Bonchev–Trinajstić information content (AvgIpc) is 3.06. The van der Waals surface area contributed by atoms with E-state index < -0.39 is 5.54 Å². The van der Waals surface area contributed by atoms with Crippen LogP contribution in [0.4, 0.5) is 0 Å². The molecule has 19 heavy (non-hydrogen) atoms. The molecule has 0 aromatic carbocycles. The molecule has 1 heterocycles. The van der Waals surface area contributed by atoms with Gasteiger partial charge in [-0.2, -0.15) is 0 Å². The third kappa shape index (κ3) is 5.40. The highest BCUT2D eigenvalue weighted by Crippen LogP contribution is 2.31. The Kier molecular flexibility index (Phi) is 7.44. The highest BCUT2D eigenvalue weighted by atomic mass is 35.5. The molecular weight excluding hydrogens is 312 g/mol. The van der Waals surface area contributed by atoms with Crippen molar-refractivity contribution in [2.45, 2.75) is 18.4 Å². The van der Waals surface area contributed by atoms with E-state index in [4.69, 9.17) is 22.1 Å². The maximum absolute atomic E-state index is 11.5. The fraction of sp³-hybridized carbons (Fsp3) is 0.455. The molecule has 108 valence electrons. The number of nitrogens with one attached hydrogen (secondary N) is 1. The van der Waals surface area contributed by atoms with E-state index in [-0.39, 0.29) is 30.7 Å². The molecule has 0 spiro atoms. The smallest absolute Gasteiger partial charge is 0.240 e. The largest absolute Gasteiger partial charge is 0.476 e. The zero-order chi connectivity index (χ0) is 12.3. The summed E-state index contributed by atoms with van der Waals surface area (Å²) >= 11 is 5.68. The van der Waals surface area contributed by atoms with E-state index in [9.17, 15) is 4.79 Å². The van der Waals surface area contributed by atoms with Gasteiger partial charge in [0, 0.05) is 12.3 Å². The second-order valence-corrected chi connectivity index (χ2v) is 4.51. The van der Waals surface area contributed by atoms with Crippen LogP contribution in [0.1, 0.15) is 12.8 Å². The number of rotatable bonds is 5. The lowest BCUT2D eigenvalue weighted by atomic mass is 10.3. The van der Waals surface area contributed by atoms with Gasteiger partial charge in [-0.25, -0.2) is 4.98 Å². The van der Waals surface area contributed by atoms with E-state index in [1.54, 1.807) is 12.1 Å². The molecule has 0 saturated heterocycles. The number of carbonyl (C=O) groups is 1. The first-order valence-electron chi connectivity index (χ1n) is 5.42. The summed E-state index contributed by atoms with van der Waals surface area (Å²) in [5.41, 5.74) is 5.09. The summed E-state index contributed by atoms with van der Waals surface area (Å²) in [6.45, 7) is 0.776. The van der Waals surface area contributed by atoms with Crippen LogP contribution < -0.4 is 15.8 Å². The fourth-order valence-electron chi connectivity index (χ4n) is 1.31. The number of ether oxygens (including phenoxy) is 1. The van der Waals surface area contributed by atoms with E-state index in [2.05, 4.69) is 10.3 Å². The molecule has 1 aliphatic carbocycles. The lowest BCUT2D eigenvalue weighted by Crippen LogP contribution is -2.44. The number of amides is 1. The third-order valence-corrected chi connectivity index (χ3v) is 2.80. The average molecular weight is 329 g/mol. The summed E-state index contributed by atoms with van der Waals surface area (Å²) in [6, 6.07) is 3.37. The summed E-state index contributed by atoms with van der Waals surface area (Å²) < 4.78 is 5.32. The molecule has 0 bridgehead atoms. The van der Waals surface area contributed by atoms with Gasteiger partial charge < -0.3 is 15.8 Å². The molecule has 1 saturated carbocycles. The minimum Gasteiger partial charge on any atom is -0.476 e. The number of nitrogens with zero attached hydrogens (tertiary/aromatic N) is 1. The quantitative estimate of drug-likeness (QED) is 0.804. The minimum atomic E-state index is -0.626. The van der Waals surface area contributed by atoms with Crippen molar-refractivity contribution in [3.8, 4) is 5.88 Å². The van der Waals surface area contributed by atoms with Crippen molar-refractivity contribution >= 4 is 42.3 Å². The van der Waals surface area contributed by atoms with Gasteiger partial charge in [-0.1, -0.05) is 11.6 Å². The van der Waals surface area contributed by atoms with E-state index in [1.807, 2.05) is 0 Å². The van der Waals surface area contributed by atoms with Crippen molar-refractivity contribution < 1.29 is 9.53 Å². The highest BCUT2D eigenvalue weighted by Gasteiger charge is 2.45. The van der Waals surface area contributed by atoms with Gasteiger partial charge in [0.1, 0.15) is 6.61 Å². The summed E-state index contributed by atoms with van der Waals surface area (Å²) in [5, 5.41) is 3.28. The van der Waals surface area contributed by atoms with Gasteiger partial charge in [0.05, 0.1) is 17.1 Å². The molecule has 1 fully saturated rings. The van der Waals surface area contributed by atoms with Crippen molar-refractivity contribution in [1.29, 1.82) is 0 Å². The van der Waals surface area contributed by atoms with Crippen LogP contribution in [0.25, 0.3) is 0 Å². The second-order valence-electron chi connectivity index (χ2n) is 4.08. The number of pyridine rings is 1. The van der Waals surface area contributed by atoms with Crippen LogP contribution in [-0.2, 0) is 4.79 Å². The summed E-state index contributed by atoms with van der Waals surface area (Å²) in [7, 11) is 0. The van der Waals surface area contributed by atoms with Gasteiger partial charge in [0.25, 0.3) is 0 Å². The third-order valence-electron chi connectivity index (χ3n) is 2.58. The summed E-state index contributed by atoms with van der Waals surface area (Å²) in [6.07, 6.45) is 3.03. The molecule has 2 rings (SSSR count). The van der Waals surface area contributed by atoms with Gasteiger partial charge in [-0.3, -0.25) is 4.79 Å². The number of carbonyl (C=O) groups excluding carboxylic acids is 1. The van der Waals surface area contributed by atoms with Gasteiger partial charge in [-0.15, -0.1) is 24.8 Å². The predicted molar refractivity (Wildman–Crippen MR) is 78.4 cm³/mol. The number of halogens is 3. The summed E-state index contributed by atoms with van der Waals surface area (Å²) in [5.74, 6) is 0.377. The molecular formula is C11H16Cl3N3O2. The maximum atomic E-state index is 11.5. The number of hydrogen-bond acceptors (Lipinski definition) is 4. The Hall–Kier alpha value is -0.750. The first-order chi connectivity index (χ1) is 8.10. The van der Waals surface area contributed by atoms with E-state index in [1.165, 1.54) is 6.20 Å². The highest BCUT2D eigenvalue weighted by molar-refractivity contribution is 6.30. The van der Waals surface area contributed by atoms with Crippen LogP contribution in [0.3, 0.4) is 0 Å². The molecule has 5 nitrogen and oxygen atoms in total. The van der Waals surface area contributed by atoms with Crippen LogP contribution in [0, 0.1) is 0 Å². The lowest BCUT2D eigenvalue weighted by Gasteiger charge is -2.10. The van der Waals surface area contributed by atoms with Gasteiger partial charge in [0.15, 0.2) is 0 Å². The molecule has 1 aromatic heterocycles. The van der Waals surface area contributed by atoms with Crippen molar-refractivity contribution in [3.05, 3.63) is 23.4 Å². The standard InChI is InChI=1S/C11H14ClN3O2.2ClH/c12-8-1-2-9(15-7-8)17-6-5-14-10(16)11(13)3-4-11;;/h1-2,7H,3-6,13H2,(H,14,16);2*1H. The maximum Gasteiger partial charge on any atom is 0.240 e. The Balaban J connectivity index is 0.00000162. The Morgan fingerprint density at radius 2 is 2.16 bits per heavy atom. The summed E-state index contributed by atoms with van der Waals surface area (Å²) in [4.78, 5) is 15.4. The molecule has 0 atom stereocenters. The first kappa shape index (κ1) is 18.2. The number of nitrogens with two attached hydrogens (primary N) is 1. The molecule has 1 aliphatic rings. The second kappa shape index (κ2) is 7.75. The van der Waals surface area contributed by atoms with Crippen LogP contribution in [0.5, 0.6) is 5.88 Å². The fourth-order valence-corrected chi connectivity index (χ4v) is 1.42.